The van der Waals surface area contributed by atoms with Gasteiger partial charge in [-0.15, -0.1) is 0 Å². The lowest BCUT2D eigenvalue weighted by Crippen LogP contribution is -2.42. The molecule has 0 heterocycles. The fourth-order valence-electron chi connectivity index (χ4n) is 2.86. The Labute approximate surface area is 123 Å². The van der Waals surface area contributed by atoms with Gasteiger partial charge in [-0.1, -0.05) is 39.5 Å². The number of rotatable bonds is 8. The summed E-state index contributed by atoms with van der Waals surface area (Å²) in [6.07, 6.45) is 9.16. The lowest BCUT2D eigenvalue weighted by molar-refractivity contribution is -0.121. The second-order valence-corrected chi connectivity index (χ2v) is 6.85. The van der Waals surface area contributed by atoms with E-state index >= 15 is 0 Å². The first kappa shape index (κ1) is 17.4. The second-order valence-electron chi connectivity index (χ2n) is 6.85. The number of carbonyl (C=O) groups excluding carboxylic acids is 1. The summed E-state index contributed by atoms with van der Waals surface area (Å²) in [5, 5.41) is 15.3. The predicted molar refractivity (Wildman–Crippen MR) is 82.6 cm³/mol. The maximum Gasteiger partial charge on any atom is 0.234 e. The summed E-state index contributed by atoms with van der Waals surface area (Å²) in [5.41, 5.74) is 0.130. The molecule has 1 fully saturated rings. The molecule has 0 atom stereocenters. The Morgan fingerprint density at radius 1 is 1.20 bits per heavy atom. The molecule has 1 aliphatic carbocycles. The lowest BCUT2D eigenvalue weighted by Gasteiger charge is -2.25. The van der Waals surface area contributed by atoms with E-state index in [4.69, 9.17) is 5.11 Å². The predicted octanol–water partition coefficient (Wildman–Crippen LogP) is 2.21. The van der Waals surface area contributed by atoms with Crippen molar-refractivity contribution in [3.63, 3.8) is 0 Å². The third kappa shape index (κ3) is 7.85. The van der Waals surface area contributed by atoms with E-state index in [1.165, 1.54) is 25.7 Å². The first-order valence-corrected chi connectivity index (χ1v) is 8.14. The molecule has 1 amide bonds. The smallest absolute Gasteiger partial charge is 0.234 e. The average molecular weight is 284 g/mol. The Hall–Kier alpha value is -0.610. The number of aliphatic hydroxyl groups is 1. The minimum atomic E-state index is 0.120. The highest BCUT2D eigenvalue weighted by atomic mass is 16.2. The molecule has 0 saturated heterocycles. The van der Waals surface area contributed by atoms with Crippen LogP contribution in [-0.4, -0.2) is 36.8 Å². The van der Waals surface area contributed by atoms with Gasteiger partial charge in [-0.25, -0.2) is 0 Å². The van der Waals surface area contributed by atoms with Crippen molar-refractivity contribution in [2.75, 3.05) is 19.7 Å². The van der Waals surface area contributed by atoms with Crippen LogP contribution < -0.4 is 10.6 Å². The van der Waals surface area contributed by atoms with E-state index in [0.29, 0.717) is 12.6 Å². The highest BCUT2D eigenvalue weighted by Gasteiger charge is 2.18. The highest BCUT2D eigenvalue weighted by molar-refractivity contribution is 5.78. The van der Waals surface area contributed by atoms with Crippen LogP contribution >= 0.6 is 0 Å². The summed E-state index contributed by atoms with van der Waals surface area (Å²) in [7, 11) is 0. The van der Waals surface area contributed by atoms with Gasteiger partial charge in [-0.05, 0) is 31.1 Å². The summed E-state index contributed by atoms with van der Waals surface area (Å²) in [4.78, 5) is 11.9. The molecule has 118 valence electrons. The molecule has 20 heavy (non-hydrogen) atoms. The number of nitrogens with one attached hydrogen (secondary N) is 2. The maximum absolute atomic E-state index is 11.9. The second kappa shape index (κ2) is 9.35. The highest BCUT2D eigenvalue weighted by Crippen LogP contribution is 2.20. The summed E-state index contributed by atoms with van der Waals surface area (Å²) in [6.45, 7) is 5.79. The molecule has 1 saturated carbocycles. The Balaban J connectivity index is 2.15. The zero-order chi connectivity index (χ0) is 14.8. The van der Waals surface area contributed by atoms with Crippen LogP contribution in [0.25, 0.3) is 0 Å². The van der Waals surface area contributed by atoms with Crippen LogP contribution in [-0.2, 0) is 4.79 Å². The van der Waals surface area contributed by atoms with E-state index < -0.39 is 0 Å². The summed E-state index contributed by atoms with van der Waals surface area (Å²) in [6, 6.07) is 0.384. The van der Waals surface area contributed by atoms with E-state index in [-0.39, 0.29) is 17.9 Å². The van der Waals surface area contributed by atoms with Gasteiger partial charge in [0.2, 0.25) is 5.91 Å². The molecular formula is C16H32N2O2. The SMILES string of the molecule is CC(C)(CCCO)CNCC(=O)NC1CCCCCC1. The topological polar surface area (TPSA) is 61.4 Å². The van der Waals surface area contributed by atoms with Crippen LogP contribution in [0.5, 0.6) is 0 Å². The molecule has 1 rings (SSSR count). The Kier molecular flexibility index (Phi) is 8.15. The third-order valence-corrected chi connectivity index (χ3v) is 4.12. The molecular weight excluding hydrogens is 252 g/mol. The first-order valence-electron chi connectivity index (χ1n) is 8.14. The largest absolute Gasteiger partial charge is 0.396 e. The molecule has 0 unspecified atom stereocenters. The van der Waals surface area contributed by atoms with E-state index in [2.05, 4.69) is 24.5 Å². The molecule has 3 N–H and O–H groups in total. The van der Waals surface area contributed by atoms with Gasteiger partial charge in [0.25, 0.3) is 0 Å². The van der Waals surface area contributed by atoms with E-state index in [1.54, 1.807) is 0 Å². The van der Waals surface area contributed by atoms with Crippen LogP contribution in [0, 0.1) is 5.41 Å². The van der Waals surface area contributed by atoms with E-state index in [1.807, 2.05) is 0 Å². The zero-order valence-corrected chi connectivity index (χ0v) is 13.2. The zero-order valence-electron chi connectivity index (χ0n) is 13.2. The number of aliphatic hydroxyl groups excluding tert-OH is 1. The fraction of sp³-hybridized carbons (Fsp3) is 0.938. The third-order valence-electron chi connectivity index (χ3n) is 4.12. The molecule has 0 aromatic carbocycles. The van der Waals surface area contributed by atoms with Gasteiger partial charge in [0.05, 0.1) is 6.54 Å². The molecule has 0 spiro atoms. The quantitative estimate of drug-likeness (QED) is 0.599. The summed E-state index contributed by atoms with van der Waals surface area (Å²) in [5.74, 6) is 0.120. The molecule has 4 nitrogen and oxygen atoms in total. The molecule has 4 heteroatoms. The monoisotopic (exact) mass is 284 g/mol. The van der Waals surface area contributed by atoms with Crippen LogP contribution in [0.4, 0.5) is 0 Å². The van der Waals surface area contributed by atoms with Gasteiger partial charge in [-0.2, -0.15) is 0 Å². The Bertz CT molecular complexity index is 272. The number of hydrogen-bond acceptors (Lipinski definition) is 3. The van der Waals surface area contributed by atoms with Gasteiger partial charge < -0.3 is 15.7 Å². The van der Waals surface area contributed by atoms with Crippen molar-refractivity contribution >= 4 is 5.91 Å². The van der Waals surface area contributed by atoms with Gasteiger partial charge in [-0.3, -0.25) is 4.79 Å². The molecule has 0 bridgehead atoms. The first-order chi connectivity index (χ1) is 9.53. The lowest BCUT2D eigenvalue weighted by atomic mass is 9.88. The van der Waals surface area contributed by atoms with Gasteiger partial charge in [0.1, 0.15) is 0 Å². The number of hydrogen-bond donors (Lipinski definition) is 3. The Morgan fingerprint density at radius 3 is 2.45 bits per heavy atom. The van der Waals surface area contributed by atoms with Crippen LogP contribution in [0.1, 0.15) is 65.2 Å². The van der Waals surface area contributed by atoms with Crippen LogP contribution in [0.2, 0.25) is 0 Å². The minimum Gasteiger partial charge on any atom is -0.396 e. The van der Waals surface area contributed by atoms with Crippen molar-refractivity contribution in [1.29, 1.82) is 0 Å². The molecule has 1 aliphatic rings. The molecule has 0 aromatic heterocycles. The fourth-order valence-corrected chi connectivity index (χ4v) is 2.86. The van der Waals surface area contributed by atoms with Gasteiger partial charge in [0.15, 0.2) is 0 Å². The van der Waals surface area contributed by atoms with E-state index in [9.17, 15) is 4.79 Å². The van der Waals surface area contributed by atoms with Crippen molar-refractivity contribution < 1.29 is 9.90 Å². The molecule has 0 aromatic rings. The van der Waals surface area contributed by atoms with Crippen molar-refractivity contribution in [1.82, 2.24) is 10.6 Å². The maximum atomic E-state index is 11.9. The summed E-state index contributed by atoms with van der Waals surface area (Å²) < 4.78 is 0. The van der Waals surface area contributed by atoms with Crippen molar-refractivity contribution in [3.8, 4) is 0 Å². The van der Waals surface area contributed by atoms with Crippen LogP contribution in [0.15, 0.2) is 0 Å². The average Bonchev–Trinajstić information content (AvgIpc) is 2.65. The van der Waals surface area contributed by atoms with Crippen LogP contribution in [0.3, 0.4) is 0 Å². The van der Waals surface area contributed by atoms with E-state index in [0.717, 1.165) is 32.2 Å². The number of amides is 1. The van der Waals surface area contributed by atoms with Gasteiger partial charge >= 0.3 is 0 Å². The Morgan fingerprint density at radius 2 is 1.85 bits per heavy atom. The summed E-state index contributed by atoms with van der Waals surface area (Å²) >= 11 is 0. The normalized spacial score (nSPS) is 17.8. The van der Waals surface area contributed by atoms with Crippen molar-refractivity contribution in [3.05, 3.63) is 0 Å². The number of carbonyl (C=O) groups is 1. The standard InChI is InChI=1S/C16H32N2O2/c1-16(2,10-7-11-19)13-17-12-15(20)18-14-8-5-3-4-6-9-14/h14,17,19H,3-13H2,1-2H3,(H,18,20). The van der Waals surface area contributed by atoms with Gasteiger partial charge in [0, 0.05) is 19.2 Å². The van der Waals surface area contributed by atoms with Crippen molar-refractivity contribution in [2.45, 2.75) is 71.3 Å². The molecule has 0 radical (unpaired) electrons. The molecule has 0 aliphatic heterocycles. The van der Waals surface area contributed by atoms with Crippen molar-refractivity contribution in [2.24, 2.45) is 5.41 Å². The minimum absolute atomic E-state index is 0.120.